The topological polar surface area (TPSA) is 72.6 Å². The fraction of sp³-hybridized carbons (Fsp3) is 0.160. The summed E-state index contributed by atoms with van der Waals surface area (Å²) in [7, 11) is 1.69. The van der Waals surface area contributed by atoms with Gasteiger partial charge in [0.25, 0.3) is 11.1 Å². The fourth-order valence-corrected chi connectivity index (χ4v) is 4.00. The highest BCUT2D eigenvalue weighted by molar-refractivity contribution is 7.98. The second kappa shape index (κ2) is 10.2. The van der Waals surface area contributed by atoms with E-state index in [9.17, 15) is 9.59 Å². The lowest BCUT2D eigenvalue weighted by atomic mass is 10.1. The van der Waals surface area contributed by atoms with Crippen LogP contribution in [0.4, 0.5) is 0 Å². The van der Waals surface area contributed by atoms with Crippen molar-refractivity contribution in [3.63, 3.8) is 0 Å². The first kappa shape index (κ1) is 21.6. The number of thioether (sulfide) groups is 1. The molecule has 0 unspecified atom stereocenters. The molecule has 0 spiro atoms. The van der Waals surface area contributed by atoms with Gasteiger partial charge in [0.2, 0.25) is 0 Å². The lowest BCUT2D eigenvalue weighted by Crippen LogP contribution is -2.30. The molecule has 32 heavy (non-hydrogen) atoms. The summed E-state index contributed by atoms with van der Waals surface area (Å²) in [4.78, 5) is 31.0. The highest BCUT2D eigenvalue weighted by Gasteiger charge is 2.17. The number of ether oxygens (including phenoxy) is 1. The Bertz CT molecular complexity index is 1190. The molecule has 1 heterocycles. The summed E-state index contributed by atoms with van der Waals surface area (Å²) in [6.45, 7) is 0.143. The Labute approximate surface area is 190 Å². The van der Waals surface area contributed by atoms with Gasteiger partial charge < -0.3 is 14.1 Å². The number of fused-ring (bicyclic) bond motifs is 1. The maximum Gasteiger partial charge on any atom is 0.338 e. The van der Waals surface area contributed by atoms with Crippen LogP contribution in [0.3, 0.4) is 0 Å². The number of esters is 1. The summed E-state index contributed by atoms with van der Waals surface area (Å²) in [5.41, 5.74) is 3.74. The molecule has 0 aliphatic heterocycles. The first-order chi connectivity index (χ1) is 15.6. The zero-order valence-corrected chi connectivity index (χ0v) is 18.4. The van der Waals surface area contributed by atoms with E-state index in [4.69, 9.17) is 9.15 Å². The van der Waals surface area contributed by atoms with Crippen LogP contribution < -0.4 is 0 Å². The minimum Gasteiger partial charge on any atom is -0.452 e. The van der Waals surface area contributed by atoms with E-state index in [1.54, 1.807) is 19.2 Å². The van der Waals surface area contributed by atoms with Crippen LogP contribution in [0.5, 0.6) is 0 Å². The summed E-state index contributed by atoms with van der Waals surface area (Å²) in [5.74, 6) is -0.305. The SMILES string of the molecule is CN(Cc1ccccc1)C(=O)COC(=O)c1ccccc1CSc1nc2ccccc2o1. The van der Waals surface area contributed by atoms with E-state index in [0.717, 1.165) is 22.2 Å². The van der Waals surface area contributed by atoms with E-state index in [0.29, 0.717) is 23.1 Å². The van der Waals surface area contributed by atoms with Crippen LogP contribution in [0.25, 0.3) is 11.1 Å². The second-order valence-electron chi connectivity index (χ2n) is 7.20. The van der Waals surface area contributed by atoms with Gasteiger partial charge in [-0.2, -0.15) is 0 Å². The van der Waals surface area contributed by atoms with Crippen LogP contribution in [0, 0.1) is 0 Å². The number of nitrogens with zero attached hydrogens (tertiary/aromatic N) is 2. The van der Waals surface area contributed by atoms with E-state index in [2.05, 4.69) is 4.98 Å². The first-order valence-corrected chi connectivity index (χ1v) is 11.1. The fourth-order valence-electron chi connectivity index (χ4n) is 3.16. The molecule has 6 nitrogen and oxygen atoms in total. The molecule has 0 saturated heterocycles. The Morgan fingerprint density at radius 1 is 0.969 bits per heavy atom. The number of likely N-dealkylation sites (N-methyl/N-ethyl adjacent to an activating group) is 1. The van der Waals surface area contributed by atoms with Crippen molar-refractivity contribution < 1.29 is 18.7 Å². The highest BCUT2D eigenvalue weighted by atomic mass is 32.2. The van der Waals surface area contributed by atoms with Crippen LogP contribution in [-0.2, 0) is 21.8 Å². The van der Waals surface area contributed by atoms with E-state index >= 15 is 0 Å². The molecule has 1 aromatic heterocycles. The van der Waals surface area contributed by atoms with E-state index in [-0.39, 0.29) is 12.5 Å². The summed E-state index contributed by atoms with van der Waals surface area (Å²) in [6, 6.07) is 24.4. The third-order valence-electron chi connectivity index (χ3n) is 4.88. The van der Waals surface area contributed by atoms with Crippen molar-refractivity contribution in [2.75, 3.05) is 13.7 Å². The van der Waals surface area contributed by atoms with E-state index in [1.807, 2.05) is 66.7 Å². The largest absolute Gasteiger partial charge is 0.452 e. The monoisotopic (exact) mass is 446 g/mol. The maximum absolute atomic E-state index is 12.7. The van der Waals surface area contributed by atoms with Gasteiger partial charge in [-0.3, -0.25) is 4.79 Å². The summed E-state index contributed by atoms with van der Waals surface area (Å²) in [6.07, 6.45) is 0. The minimum absolute atomic E-state index is 0.263. The molecule has 4 rings (SSSR count). The van der Waals surface area contributed by atoms with Crippen molar-refractivity contribution in [1.29, 1.82) is 0 Å². The molecule has 4 aromatic rings. The van der Waals surface area contributed by atoms with Gasteiger partial charge >= 0.3 is 5.97 Å². The number of carbonyl (C=O) groups excluding carboxylic acids is 2. The zero-order chi connectivity index (χ0) is 22.3. The van der Waals surface area contributed by atoms with Crippen molar-refractivity contribution in [2.24, 2.45) is 0 Å². The molecule has 0 aliphatic rings. The average Bonchev–Trinajstić information content (AvgIpc) is 3.25. The third kappa shape index (κ3) is 5.36. The van der Waals surface area contributed by atoms with Crippen molar-refractivity contribution >= 4 is 34.7 Å². The Kier molecular flexibility index (Phi) is 6.87. The molecule has 0 saturated carbocycles. The van der Waals surface area contributed by atoms with Crippen molar-refractivity contribution in [3.05, 3.63) is 95.6 Å². The van der Waals surface area contributed by atoms with Crippen LogP contribution >= 0.6 is 11.8 Å². The highest BCUT2D eigenvalue weighted by Crippen LogP contribution is 2.27. The van der Waals surface area contributed by atoms with Gasteiger partial charge in [-0.05, 0) is 29.3 Å². The number of carbonyl (C=O) groups is 2. The number of hydrogen-bond acceptors (Lipinski definition) is 6. The number of oxazole rings is 1. The Morgan fingerprint density at radius 3 is 2.50 bits per heavy atom. The molecule has 0 fully saturated rings. The quantitative estimate of drug-likeness (QED) is 0.282. The van der Waals surface area contributed by atoms with Crippen LogP contribution in [0.1, 0.15) is 21.5 Å². The number of aromatic nitrogens is 1. The van der Waals surface area contributed by atoms with Crippen molar-refractivity contribution in [1.82, 2.24) is 9.88 Å². The Balaban J connectivity index is 1.35. The zero-order valence-electron chi connectivity index (χ0n) is 17.6. The predicted molar refractivity (Wildman–Crippen MR) is 123 cm³/mol. The van der Waals surface area contributed by atoms with Crippen molar-refractivity contribution in [2.45, 2.75) is 17.5 Å². The smallest absolute Gasteiger partial charge is 0.338 e. The van der Waals surface area contributed by atoms with Crippen LogP contribution in [-0.4, -0.2) is 35.4 Å². The molecular formula is C25H22N2O4S. The van der Waals surface area contributed by atoms with Gasteiger partial charge in [-0.1, -0.05) is 72.4 Å². The molecule has 0 radical (unpaired) electrons. The summed E-state index contributed by atoms with van der Waals surface area (Å²) in [5, 5.41) is 0.534. The van der Waals surface area contributed by atoms with E-state index < -0.39 is 5.97 Å². The first-order valence-electron chi connectivity index (χ1n) is 10.1. The lowest BCUT2D eigenvalue weighted by Gasteiger charge is -2.17. The number of amides is 1. The number of hydrogen-bond donors (Lipinski definition) is 0. The van der Waals surface area contributed by atoms with Crippen LogP contribution in [0.2, 0.25) is 0 Å². The van der Waals surface area contributed by atoms with Crippen molar-refractivity contribution in [3.8, 4) is 0 Å². The molecule has 7 heteroatoms. The van der Waals surface area contributed by atoms with Crippen LogP contribution in [0.15, 0.2) is 88.5 Å². The normalized spacial score (nSPS) is 10.8. The van der Waals surface area contributed by atoms with Gasteiger partial charge in [-0.15, -0.1) is 0 Å². The molecule has 3 aromatic carbocycles. The molecule has 0 bridgehead atoms. The van der Waals surface area contributed by atoms with Gasteiger partial charge in [0.05, 0.1) is 5.56 Å². The minimum atomic E-state index is -0.528. The van der Waals surface area contributed by atoms with Gasteiger partial charge in [0.1, 0.15) is 5.52 Å². The molecule has 1 amide bonds. The molecular weight excluding hydrogens is 424 g/mol. The molecule has 0 N–H and O–H groups in total. The lowest BCUT2D eigenvalue weighted by molar-refractivity contribution is -0.133. The standard InChI is InChI=1S/C25H22N2O4S/c1-27(15-18-9-3-2-4-10-18)23(28)16-30-24(29)20-12-6-5-11-19(20)17-32-25-26-21-13-7-8-14-22(21)31-25/h2-14H,15-17H2,1H3. The number of para-hydroxylation sites is 2. The summed E-state index contributed by atoms with van der Waals surface area (Å²) < 4.78 is 11.0. The predicted octanol–water partition coefficient (Wildman–Crippen LogP) is 4.94. The maximum atomic E-state index is 12.7. The Hall–Kier alpha value is -3.58. The second-order valence-corrected chi connectivity index (χ2v) is 8.13. The molecule has 0 atom stereocenters. The third-order valence-corrected chi connectivity index (χ3v) is 5.75. The van der Waals surface area contributed by atoms with Gasteiger partial charge in [0.15, 0.2) is 12.2 Å². The Morgan fingerprint density at radius 2 is 1.69 bits per heavy atom. The number of rotatable bonds is 8. The number of benzene rings is 3. The average molecular weight is 447 g/mol. The molecule has 162 valence electrons. The summed E-state index contributed by atoms with van der Waals surface area (Å²) >= 11 is 1.40. The molecule has 0 aliphatic carbocycles. The van der Waals surface area contributed by atoms with E-state index in [1.165, 1.54) is 16.7 Å². The van der Waals surface area contributed by atoms with Gasteiger partial charge in [-0.25, -0.2) is 9.78 Å². The van der Waals surface area contributed by atoms with Gasteiger partial charge in [0, 0.05) is 19.3 Å².